The van der Waals surface area contributed by atoms with E-state index in [1.807, 2.05) is 6.92 Å². The molecule has 0 saturated carbocycles. The molecule has 1 amide bonds. The zero-order chi connectivity index (χ0) is 16.5. The quantitative estimate of drug-likeness (QED) is 0.918. The number of benzene rings is 1. The lowest BCUT2D eigenvalue weighted by molar-refractivity contribution is -0.129. The van der Waals surface area contributed by atoms with Gasteiger partial charge in [0.2, 0.25) is 5.91 Å². The van der Waals surface area contributed by atoms with E-state index >= 15 is 0 Å². The fraction of sp³-hybridized carbons (Fsp3) is 0.462. The van der Waals surface area contributed by atoms with Gasteiger partial charge in [-0.1, -0.05) is 18.2 Å². The highest BCUT2D eigenvalue weighted by Crippen LogP contribution is 2.29. The summed E-state index contributed by atoms with van der Waals surface area (Å²) in [5.41, 5.74) is -5.25. The molecule has 0 aliphatic carbocycles. The van der Waals surface area contributed by atoms with Crippen molar-refractivity contribution in [1.29, 1.82) is 0 Å². The summed E-state index contributed by atoms with van der Waals surface area (Å²) >= 11 is 0. The first-order valence-electron chi connectivity index (χ1n) is 6.58. The van der Waals surface area contributed by atoms with Gasteiger partial charge in [0.1, 0.15) is 0 Å². The minimum atomic E-state index is -5.49. The van der Waals surface area contributed by atoms with Crippen LogP contribution in [-0.4, -0.2) is 30.8 Å². The number of amides is 1. The minimum absolute atomic E-state index is 0.0280. The molecule has 1 fully saturated rings. The van der Waals surface area contributed by atoms with Crippen LogP contribution in [0, 0.1) is 0 Å². The van der Waals surface area contributed by atoms with Crippen LogP contribution in [0.2, 0.25) is 0 Å². The number of sulfonamides is 1. The fourth-order valence-electron chi connectivity index (χ4n) is 2.27. The predicted molar refractivity (Wildman–Crippen MR) is 74.3 cm³/mol. The van der Waals surface area contributed by atoms with E-state index in [1.165, 1.54) is 27.8 Å². The summed E-state index contributed by atoms with van der Waals surface area (Å²) < 4.78 is 61.4. The second-order valence-corrected chi connectivity index (χ2v) is 6.79. The van der Waals surface area contributed by atoms with Crippen LogP contribution in [0.25, 0.3) is 0 Å². The van der Waals surface area contributed by atoms with Gasteiger partial charge >= 0.3 is 15.5 Å². The number of hydrogen-bond donors (Lipinski definition) is 1. The number of para-hydroxylation sites is 1. The topological polar surface area (TPSA) is 66.5 Å². The molecular weight excluding hydrogens is 321 g/mol. The fourth-order valence-corrected chi connectivity index (χ4v) is 2.87. The summed E-state index contributed by atoms with van der Waals surface area (Å²) in [5, 5.41) is 0. The van der Waals surface area contributed by atoms with Gasteiger partial charge in [0.25, 0.3) is 0 Å². The van der Waals surface area contributed by atoms with Gasteiger partial charge in [0, 0.05) is 19.0 Å². The van der Waals surface area contributed by atoms with E-state index in [0.717, 1.165) is 0 Å². The highest BCUT2D eigenvalue weighted by atomic mass is 32.2. The first-order valence-corrected chi connectivity index (χ1v) is 8.06. The van der Waals surface area contributed by atoms with Crippen molar-refractivity contribution in [2.75, 3.05) is 4.72 Å². The lowest BCUT2D eigenvalue weighted by Gasteiger charge is -2.23. The van der Waals surface area contributed by atoms with Gasteiger partial charge in [-0.3, -0.25) is 9.52 Å². The van der Waals surface area contributed by atoms with Gasteiger partial charge in [-0.25, -0.2) is 0 Å². The van der Waals surface area contributed by atoms with Crippen LogP contribution < -0.4 is 4.72 Å². The minimum Gasteiger partial charge on any atom is -0.336 e. The van der Waals surface area contributed by atoms with Crippen molar-refractivity contribution in [2.24, 2.45) is 0 Å². The number of carbonyl (C=O) groups is 1. The summed E-state index contributed by atoms with van der Waals surface area (Å²) in [7, 11) is -5.49. The number of hydrogen-bond acceptors (Lipinski definition) is 3. The van der Waals surface area contributed by atoms with Crippen molar-refractivity contribution >= 4 is 21.6 Å². The first kappa shape index (κ1) is 16.6. The number of alkyl halides is 3. The van der Waals surface area contributed by atoms with Gasteiger partial charge in [-0.2, -0.15) is 21.6 Å². The van der Waals surface area contributed by atoms with E-state index in [4.69, 9.17) is 0 Å². The van der Waals surface area contributed by atoms with Crippen LogP contribution in [-0.2, 0) is 21.4 Å². The summed E-state index contributed by atoms with van der Waals surface area (Å²) in [5.74, 6) is -0.0963. The molecule has 1 N–H and O–H groups in total. The van der Waals surface area contributed by atoms with Gasteiger partial charge < -0.3 is 4.90 Å². The molecule has 9 heteroatoms. The Morgan fingerprint density at radius 1 is 1.32 bits per heavy atom. The van der Waals surface area contributed by atoms with Crippen molar-refractivity contribution in [3.63, 3.8) is 0 Å². The Kier molecular flexibility index (Phi) is 4.37. The van der Waals surface area contributed by atoms with Crippen molar-refractivity contribution in [3.05, 3.63) is 29.8 Å². The average Bonchev–Trinajstić information content (AvgIpc) is 2.71. The smallest absolute Gasteiger partial charge is 0.336 e. The van der Waals surface area contributed by atoms with Gasteiger partial charge in [0.15, 0.2) is 0 Å². The van der Waals surface area contributed by atoms with Gasteiger partial charge in [-0.15, -0.1) is 0 Å². The Labute approximate surface area is 126 Å². The van der Waals surface area contributed by atoms with E-state index < -0.39 is 15.5 Å². The first-order chi connectivity index (χ1) is 10.1. The molecule has 122 valence electrons. The molecule has 1 saturated heterocycles. The van der Waals surface area contributed by atoms with Crippen molar-refractivity contribution in [3.8, 4) is 0 Å². The lowest BCUT2D eigenvalue weighted by Crippen LogP contribution is -2.32. The standard InChI is InChI=1S/C13H15F3N2O3S/c1-9-6-7-12(19)18(9)8-10-4-2-3-5-11(10)17-22(20,21)13(14,15)16/h2-5,9,17H,6-8H2,1H3. The second kappa shape index (κ2) is 5.79. The number of nitrogens with zero attached hydrogens (tertiary/aromatic N) is 1. The molecule has 1 heterocycles. The molecule has 0 spiro atoms. The summed E-state index contributed by atoms with van der Waals surface area (Å²) in [6.45, 7) is 1.91. The summed E-state index contributed by atoms with van der Waals surface area (Å²) in [6.07, 6.45) is 1.06. The number of carbonyl (C=O) groups excluding carboxylic acids is 1. The molecule has 0 bridgehead atoms. The maximum Gasteiger partial charge on any atom is 0.516 e. The Morgan fingerprint density at radius 2 is 1.95 bits per heavy atom. The molecule has 1 aromatic rings. The number of nitrogens with one attached hydrogen (secondary N) is 1. The van der Waals surface area contributed by atoms with E-state index in [-0.39, 0.29) is 24.2 Å². The zero-order valence-corrected chi connectivity index (χ0v) is 12.5. The van der Waals surface area contributed by atoms with Gasteiger partial charge in [-0.05, 0) is 25.0 Å². The van der Waals surface area contributed by atoms with Crippen molar-refractivity contribution in [2.45, 2.75) is 37.9 Å². The van der Waals surface area contributed by atoms with E-state index in [0.29, 0.717) is 18.4 Å². The van der Waals surface area contributed by atoms with Crippen LogP contribution in [0.15, 0.2) is 24.3 Å². The van der Waals surface area contributed by atoms with E-state index in [2.05, 4.69) is 0 Å². The molecule has 1 aromatic carbocycles. The van der Waals surface area contributed by atoms with Crippen LogP contribution >= 0.6 is 0 Å². The maximum absolute atomic E-state index is 12.5. The largest absolute Gasteiger partial charge is 0.516 e. The number of halogens is 3. The third kappa shape index (κ3) is 3.34. The third-order valence-electron chi connectivity index (χ3n) is 3.54. The van der Waals surface area contributed by atoms with Crippen LogP contribution in [0.3, 0.4) is 0 Å². The number of anilines is 1. The Bertz CT molecular complexity index is 673. The predicted octanol–water partition coefficient (Wildman–Crippen LogP) is 2.46. The Morgan fingerprint density at radius 3 is 2.50 bits per heavy atom. The van der Waals surface area contributed by atoms with Crippen LogP contribution in [0.5, 0.6) is 0 Å². The zero-order valence-electron chi connectivity index (χ0n) is 11.7. The number of rotatable bonds is 4. The Balaban J connectivity index is 2.26. The van der Waals surface area contributed by atoms with Gasteiger partial charge in [0.05, 0.1) is 5.69 Å². The summed E-state index contributed by atoms with van der Waals surface area (Å²) in [4.78, 5) is 13.3. The monoisotopic (exact) mass is 336 g/mol. The molecule has 5 nitrogen and oxygen atoms in total. The lowest BCUT2D eigenvalue weighted by atomic mass is 10.1. The van der Waals surface area contributed by atoms with E-state index in [9.17, 15) is 26.4 Å². The molecule has 0 radical (unpaired) electrons. The molecule has 1 aliphatic rings. The molecule has 22 heavy (non-hydrogen) atoms. The van der Waals surface area contributed by atoms with E-state index in [1.54, 1.807) is 6.07 Å². The Hall–Kier alpha value is -1.77. The van der Waals surface area contributed by atoms with Crippen LogP contribution in [0.4, 0.5) is 18.9 Å². The maximum atomic E-state index is 12.5. The molecular formula is C13H15F3N2O3S. The second-order valence-electron chi connectivity index (χ2n) is 5.12. The van der Waals surface area contributed by atoms with Crippen molar-refractivity contribution in [1.82, 2.24) is 4.90 Å². The highest BCUT2D eigenvalue weighted by Gasteiger charge is 2.46. The molecule has 1 aliphatic heterocycles. The molecule has 1 unspecified atom stereocenters. The van der Waals surface area contributed by atoms with Crippen molar-refractivity contribution < 1.29 is 26.4 Å². The molecule has 1 atom stereocenters. The molecule has 2 rings (SSSR count). The summed E-state index contributed by atoms with van der Waals surface area (Å²) in [6, 6.07) is 5.70. The third-order valence-corrected chi connectivity index (χ3v) is 4.63. The number of likely N-dealkylation sites (tertiary alicyclic amines) is 1. The average molecular weight is 336 g/mol. The highest BCUT2D eigenvalue weighted by molar-refractivity contribution is 7.93. The van der Waals surface area contributed by atoms with Crippen LogP contribution in [0.1, 0.15) is 25.3 Å². The normalized spacial score (nSPS) is 19.5. The SMILES string of the molecule is CC1CCC(=O)N1Cc1ccccc1NS(=O)(=O)C(F)(F)F. The molecule has 0 aromatic heterocycles.